The van der Waals surface area contributed by atoms with E-state index in [1.54, 1.807) is 37.4 Å². The Morgan fingerprint density at radius 2 is 1.95 bits per heavy atom. The first-order valence-corrected chi connectivity index (χ1v) is 7.42. The van der Waals surface area contributed by atoms with Gasteiger partial charge < -0.3 is 15.7 Å². The fourth-order valence-corrected chi connectivity index (χ4v) is 2.38. The second-order valence-corrected chi connectivity index (χ2v) is 5.87. The van der Waals surface area contributed by atoms with Crippen LogP contribution in [0.25, 0.3) is 6.08 Å². The average molecular weight is 302 g/mol. The summed E-state index contributed by atoms with van der Waals surface area (Å²) in [5.41, 5.74) is 0.871. The predicted octanol–water partition coefficient (Wildman–Crippen LogP) is 1.34. The number of hydrogen-bond acceptors (Lipinski definition) is 3. The molecule has 2 amide bonds. The van der Waals surface area contributed by atoms with Gasteiger partial charge >= 0.3 is 0 Å². The Morgan fingerprint density at radius 3 is 2.45 bits per heavy atom. The van der Waals surface area contributed by atoms with Crippen LogP contribution in [0.1, 0.15) is 35.7 Å². The zero-order valence-electron chi connectivity index (χ0n) is 12.9. The third-order valence-electron chi connectivity index (χ3n) is 4.04. The lowest BCUT2D eigenvalue weighted by Crippen LogP contribution is -2.50. The first-order chi connectivity index (χ1) is 10.5. The molecule has 22 heavy (non-hydrogen) atoms. The van der Waals surface area contributed by atoms with Crippen LogP contribution >= 0.6 is 0 Å². The van der Waals surface area contributed by atoms with Crippen molar-refractivity contribution >= 4 is 17.9 Å². The molecule has 1 aromatic rings. The Morgan fingerprint density at radius 1 is 1.32 bits per heavy atom. The fourth-order valence-electron chi connectivity index (χ4n) is 2.38. The van der Waals surface area contributed by atoms with Crippen molar-refractivity contribution in [3.63, 3.8) is 0 Å². The molecule has 0 spiro atoms. The fraction of sp³-hybridized carbons (Fsp3) is 0.412. The molecule has 5 heteroatoms. The summed E-state index contributed by atoms with van der Waals surface area (Å²) in [6.07, 6.45) is 5.23. The molecule has 0 heterocycles. The van der Waals surface area contributed by atoms with Crippen LogP contribution in [0.4, 0.5) is 0 Å². The van der Waals surface area contributed by atoms with Crippen molar-refractivity contribution < 1.29 is 14.7 Å². The molecule has 0 aromatic heterocycles. The molecule has 0 bridgehead atoms. The number of hydrogen-bond donors (Lipinski definition) is 3. The Balaban J connectivity index is 1.96. The predicted molar refractivity (Wildman–Crippen MR) is 85.2 cm³/mol. The Kier molecular flexibility index (Phi) is 4.98. The van der Waals surface area contributed by atoms with E-state index >= 15 is 0 Å². The number of carbonyl (C=O) groups is 2. The van der Waals surface area contributed by atoms with Crippen LogP contribution in [-0.2, 0) is 4.79 Å². The van der Waals surface area contributed by atoms with Crippen LogP contribution in [0.15, 0.2) is 30.3 Å². The maximum absolute atomic E-state index is 12.0. The van der Waals surface area contributed by atoms with Crippen molar-refractivity contribution in [2.75, 3.05) is 13.7 Å². The standard InChI is InChI=1S/C17H22N2O3/c1-17(11-20,14-8-9-14)19-15(21)10-5-12-3-6-13(7-4-12)16(22)18-2/h3-7,10,14,20H,8-9,11H2,1-2H3,(H,18,22)(H,19,21)/b10-5+. The summed E-state index contributed by atoms with van der Waals surface area (Å²) in [6, 6.07) is 6.97. The van der Waals surface area contributed by atoms with Gasteiger partial charge in [-0.2, -0.15) is 0 Å². The third-order valence-corrected chi connectivity index (χ3v) is 4.04. The number of aliphatic hydroxyl groups is 1. The zero-order chi connectivity index (χ0) is 16.2. The van der Waals surface area contributed by atoms with Crippen molar-refractivity contribution in [2.45, 2.75) is 25.3 Å². The highest BCUT2D eigenvalue weighted by Gasteiger charge is 2.41. The Labute approximate surface area is 130 Å². The minimum atomic E-state index is -0.537. The van der Waals surface area contributed by atoms with Gasteiger partial charge in [0, 0.05) is 18.7 Å². The smallest absolute Gasteiger partial charge is 0.251 e. The van der Waals surface area contributed by atoms with E-state index in [9.17, 15) is 14.7 Å². The van der Waals surface area contributed by atoms with Crippen molar-refractivity contribution in [3.8, 4) is 0 Å². The highest BCUT2D eigenvalue weighted by Crippen LogP contribution is 2.39. The lowest BCUT2D eigenvalue weighted by molar-refractivity contribution is -0.119. The number of carbonyl (C=O) groups excluding carboxylic acids is 2. The van der Waals surface area contributed by atoms with E-state index in [1.807, 2.05) is 6.92 Å². The molecule has 0 aliphatic heterocycles. The zero-order valence-corrected chi connectivity index (χ0v) is 12.9. The molecule has 1 aliphatic carbocycles. The van der Waals surface area contributed by atoms with Crippen LogP contribution in [-0.4, -0.2) is 36.1 Å². The van der Waals surface area contributed by atoms with E-state index in [4.69, 9.17) is 0 Å². The molecule has 3 N–H and O–H groups in total. The summed E-state index contributed by atoms with van der Waals surface area (Å²) in [4.78, 5) is 23.4. The third kappa shape index (κ3) is 3.95. The molecule has 1 aromatic carbocycles. The van der Waals surface area contributed by atoms with E-state index < -0.39 is 5.54 Å². The summed E-state index contributed by atoms with van der Waals surface area (Å²) in [6.45, 7) is 1.81. The number of rotatable bonds is 6. The van der Waals surface area contributed by atoms with Gasteiger partial charge in [0.05, 0.1) is 12.1 Å². The maximum Gasteiger partial charge on any atom is 0.251 e. The van der Waals surface area contributed by atoms with Crippen molar-refractivity contribution in [1.29, 1.82) is 0 Å². The van der Waals surface area contributed by atoms with Gasteiger partial charge in [0.2, 0.25) is 5.91 Å². The average Bonchev–Trinajstić information content (AvgIpc) is 3.38. The van der Waals surface area contributed by atoms with Crippen LogP contribution in [0.5, 0.6) is 0 Å². The topological polar surface area (TPSA) is 78.4 Å². The minimum Gasteiger partial charge on any atom is -0.394 e. The Hall–Kier alpha value is -2.14. The van der Waals surface area contributed by atoms with Crippen LogP contribution in [0, 0.1) is 5.92 Å². The van der Waals surface area contributed by atoms with Gasteiger partial charge in [0.1, 0.15) is 0 Å². The second kappa shape index (κ2) is 6.75. The van der Waals surface area contributed by atoms with Gasteiger partial charge in [0.15, 0.2) is 0 Å². The van der Waals surface area contributed by atoms with Crippen LogP contribution in [0.3, 0.4) is 0 Å². The van der Waals surface area contributed by atoms with Gasteiger partial charge in [-0.05, 0) is 49.5 Å². The monoisotopic (exact) mass is 302 g/mol. The maximum atomic E-state index is 12.0. The molecular weight excluding hydrogens is 280 g/mol. The van der Waals surface area contributed by atoms with Gasteiger partial charge in [-0.1, -0.05) is 12.1 Å². The molecule has 1 aliphatic rings. The first kappa shape index (κ1) is 16.2. The highest BCUT2D eigenvalue weighted by atomic mass is 16.3. The molecular formula is C17H22N2O3. The number of aliphatic hydroxyl groups excluding tert-OH is 1. The van der Waals surface area contributed by atoms with Crippen molar-refractivity contribution in [1.82, 2.24) is 10.6 Å². The molecule has 118 valence electrons. The highest BCUT2D eigenvalue weighted by molar-refractivity contribution is 5.95. The van der Waals surface area contributed by atoms with E-state index in [1.165, 1.54) is 6.08 Å². The van der Waals surface area contributed by atoms with E-state index in [2.05, 4.69) is 10.6 Å². The van der Waals surface area contributed by atoms with E-state index in [0.717, 1.165) is 18.4 Å². The molecule has 0 radical (unpaired) electrons. The normalized spacial score (nSPS) is 17.0. The molecule has 1 saturated carbocycles. The minimum absolute atomic E-state index is 0.0575. The van der Waals surface area contributed by atoms with Crippen molar-refractivity contribution in [2.24, 2.45) is 5.92 Å². The molecule has 5 nitrogen and oxygen atoms in total. The largest absolute Gasteiger partial charge is 0.394 e. The number of nitrogens with one attached hydrogen (secondary N) is 2. The molecule has 1 unspecified atom stereocenters. The SMILES string of the molecule is CNC(=O)c1ccc(/C=C/C(=O)NC(C)(CO)C2CC2)cc1. The van der Waals surface area contributed by atoms with Crippen molar-refractivity contribution in [3.05, 3.63) is 41.5 Å². The summed E-state index contributed by atoms with van der Waals surface area (Å²) >= 11 is 0. The first-order valence-electron chi connectivity index (χ1n) is 7.42. The second-order valence-electron chi connectivity index (χ2n) is 5.87. The van der Waals surface area contributed by atoms with E-state index in [0.29, 0.717) is 11.5 Å². The summed E-state index contributed by atoms with van der Waals surface area (Å²) in [7, 11) is 1.58. The molecule has 1 atom stereocenters. The lowest BCUT2D eigenvalue weighted by Gasteiger charge is -2.28. The summed E-state index contributed by atoms with van der Waals surface area (Å²) in [5, 5.41) is 14.9. The van der Waals surface area contributed by atoms with Gasteiger partial charge in [-0.25, -0.2) is 0 Å². The van der Waals surface area contributed by atoms with Crippen LogP contribution < -0.4 is 10.6 Å². The molecule has 2 rings (SSSR count). The molecule has 0 saturated heterocycles. The lowest BCUT2D eigenvalue weighted by atomic mass is 9.97. The molecule has 1 fully saturated rings. The number of amides is 2. The van der Waals surface area contributed by atoms with Gasteiger partial charge in [-0.3, -0.25) is 9.59 Å². The Bertz CT molecular complexity index is 576. The van der Waals surface area contributed by atoms with Gasteiger partial charge in [-0.15, -0.1) is 0 Å². The van der Waals surface area contributed by atoms with E-state index in [-0.39, 0.29) is 18.4 Å². The van der Waals surface area contributed by atoms with Gasteiger partial charge in [0.25, 0.3) is 5.91 Å². The van der Waals surface area contributed by atoms with Crippen LogP contribution in [0.2, 0.25) is 0 Å². The summed E-state index contributed by atoms with van der Waals surface area (Å²) in [5.74, 6) is -0.00284. The quantitative estimate of drug-likeness (QED) is 0.694. The summed E-state index contributed by atoms with van der Waals surface area (Å²) < 4.78 is 0. The number of benzene rings is 1.